The fourth-order valence-electron chi connectivity index (χ4n) is 2.55. The zero-order valence-corrected chi connectivity index (χ0v) is 11.7. The first-order valence-electron chi connectivity index (χ1n) is 7.03. The number of anilines is 2. The van der Waals surface area contributed by atoms with Crippen LogP contribution in [-0.2, 0) is 4.74 Å². The van der Waals surface area contributed by atoms with Crippen LogP contribution in [0.1, 0.15) is 25.7 Å². The molecule has 6 heteroatoms. The average molecular weight is 279 g/mol. The van der Waals surface area contributed by atoms with Crippen molar-refractivity contribution in [2.45, 2.75) is 31.8 Å². The molecule has 6 nitrogen and oxygen atoms in total. The monoisotopic (exact) mass is 279 g/mol. The number of hydrogen-bond donors (Lipinski definition) is 2. The second kappa shape index (κ2) is 7.09. The molecule has 1 aromatic rings. The van der Waals surface area contributed by atoms with E-state index < -0.39 is 0 Å². The summed E-state index contributed by atoms with van der Waals surface area (Å²) in [6, 6.07) is 5.20. The third-order valence-corrected chi connectivity index (χ3v) is 3.56. The Morgan fingerprint density at radius 3 is 2.70 bits per heavy atom. The summed E-state index contributed by atoms with van der Waals surface area (Å²) in [5.41, 5.74) is 1.12. The van der Waals surface area contributed by atoms with Crippen LogP contribution < -0.4 is 10.6 Å². The maximum absolute atomic E-state index is 11.1. The molecule has 2 N–H and O–H groups in total. The molecule has 2 rings (SSSR count). The summed E-state index contributed by atoms with van der Waals surface area (Å²) in [6.07, 6.45) is 5.13. The number of hydrogen-bond acceptors (Lipinski definition) is 5. The second-order valence-corrected chi connectivity index (χ2v) is 4.91. The van der Waals surface area contributed by atoms with Crippen molar-refractivity contribution in [2.75, 3.05) is 30.8 Å². The Labute approximate surface area is 118 Å². The van der Waals surface area contributed by atoms with Crippen LogP contribution in [0.5, 0.6) is 0 Å². The summed E-state index contributed by atoms with van der Waals surface area (Å²) in [7, 11) is 1.68. The number of nitro groups is 1. The van der Waals surface area contributed by atoms with Gasteiger partial charge in [-0.1, -0.05) is 18.9 Å². The van der Waals surface area contributed by atoms with Crippen LogP contribution in [0.25, 0.3) is 0 Å². The van der Waals surface area contributed by atoms with E-state index in [1.54, 1.807) is 25.2 Å². The first kappa shape index (κ1) is 14.6. The summed E-state index contributed by atoms with van der Waals surface area (Å²) >= 11 is 0. The molecule has 0 saturated heterocycles. The van der Waals surface area contributed by atoms with Crippen molar-refractivity contribution in [3.8, 4) is 0 Å². The van der Waals surface area contributed by atoms with Gasteiger partial charge in [0.05, 0.1) is 17.6 Å². The maximum Gasteiger partial charge on any atom is 0.315 e. The molecule has 0 spiro atoms. The first-order chi connectivity index (χ1) is 9.72. The Morgan fingerprint density at radius 2 is 2.05 bits per heavy atom. The van der Waals surface area contributed by atoms with Crippen molar-refractivity contribution >= 4 is 17.1 Å². The van der Waals surface area contributed by atoms with Gasteiger partial charge < -0.3 is 15.4 Å². The lowest BCUT2D eigenvalue weighted by atomic mass is 10.2. The normalized spacial score (nSPS) is 15.2. The van der Waals surface area contributed by atoms with Crippen LogP contribution in [0.15, 0.2) is 18.2 Å². The first-order valence-corrected chi connectivity index (χ1v) is 7.03. The molecular weight excluding hydrogens is 258 g/mol. The SMILES string of the molecule is CNc1cccc(NCCOC2CCCC2)c1[N+](=O)[O-]. The van der Waals surface area contributed by atoms with Crippen LogP contribution in [-0.4, -0.2) is 31.2 Å². The largest absolute Gasteiger partial charge is 0.382 e. The van der Waals surface area contributed by atoms with Crippen molar-refractivity contribution in [1.29, 1.82) is 0 Å². The molecule has 1 saturated carbocycles. The quantitative estimate of drug-likeness (QED) is 0.456. The highest BCUT2D eigenvalue weighted by molar-refractivity contribution is 5.75. The van der Waals surface area contributed by atoms with E-state index >= 15 is 0 Å². The van der Waals surface area contributed by atoms with Crippen molar-refractivity contribution in [3.05, 3.63) is 28.3 Å². The van der Waals surface area contributed by atoms with E-state index in [2.05, 4.69) is 10.6 Å². The number of nitrogens with one attached hydrogen (secondary N) is 2. The number of nitro benzene ring substituents is 1. The third-order valence-electron chi connectivity index (χ3n) is 3.56. The predicted molar refractivity (Wildman–Crippen MR) is 79.3 cm³/mol. The highest BCUT2D eigenvalue weighted by atomic mass is 16.6. The minimum absolute atomic E-state index is 0.0795. The van der Waals surface area contributed by atoms with Gasteiger partial charge in [0, 0.05) is 13.6 Å². The lowest BCUT2D eigenvalue weighted by Crippen LogP contribution is -2.16. The topological polar surface area (TPSA) is 76.4 Å². The van der Waals surface area contributed by atoms with Gasteiger partial charge in [-0.3, -0.25) is 10.1 Å². The molecule has 1 aliphatic rings. The minimum atomic E-state index is -0.369. The minimum Gasteiger partial charge on any atom is -0.382 e. The van der Waals surface area contributed by atoms with E-state index in [-0.39, 0.29) is 10.6 Å². The van der Waals surface area contributed by atoms with E-state index in [9.17, 15) is 10.1 Å². The molecule has 0 amide bonds. The van der Waals surface area contributed by atoms with Gasteiger partial charge in [-0.25, -0.2) is 0 Å². The van der Waals surface area contributed by atoms with E-state index in [1.807, 2.05) is 0 Å². The van der Waals surface area contributed by atoms with Gasteiger partial charge in [-0.05, 0) is 25.0 Å². The summed E-state index contributed by atoms with van der Waals surface area (Å²) in [4.78, 5) is 10.8. The highest BCUT2D eigenvalue weighted by Crippen LogP contribution is 2.32. The number of nitrogens with zero attached hydrogens (tertiary/aromatic N) is 1. The third kappa shape index (κ3) is 3.60. The smallest absolute Gasteiger partial charge is 0.315 e. The molecule has 110 valence electrons. The lowest BCUT2D eigenvalue weighted by Gasteiger charge is -2.13. The Morgan fingerprint density at radius 1 is 1.35 bits per heavy atom. The van der Waals surface area contributed by atoms with Crippen molar-refractivity contribution < 1.29 is 9.66 Å². The Bertz CT molecular complexity index is 459. The molecular formula is C14H21N3O3. The molecule has 20 heavy (non-hydrogen) atoms. The molecule has 0 bridgehead atoms. The number of ether oxygens (including phenoxy) is 1. The fraction of sp³-hybridized carbons (Fsp3) is 0.571. The van der Waals surface area contributed by atoms with Crippen LogP contribution >= 0.6 is 0 Å². The van der Waals surface area contributed by atoms with Crippen LogP contribution in [0.3, 0.4) is 0 Å². The zero-order chi connectivity index (χ0) is 14.4. The van der Waals surface area contributed by atoms with E-state index in [1.165, 1.54) is 12.8 Å². The Kier molecular flexibility index (Phi) is 5.17. The molecule has 1 fully saturated rings. The lowest BCUT2D eigenvalue weighted by molar-refractivity contribution is -0.383. The van der Waals surface area contributed by atoms with Gasteiger partial charge in [0.25, 0.3) is 0 Å². The fourth-order valence-corrected chi connectivity index (χ4v) is 2.55. The molecule has 1 aliphatic carbocycles. The Hall–Kier alpha value is -1.82. The average Bonchev–Trinajstić information content (AvgIpc) is 2.96. The van der Waals surface area contributed by atoms with Crippen LogP contribution in [0.4, 0.5) is 17.1 Å². The maximum atomic E-state index is 11.1. The van der Waals surface area contributed by atoms with Crippen LogP contribution in [0.2, 0.25) is 0 Å². The van der Waals surface area contributed by atoms with Gasteiger partial charge in [0.1, 0.15) is 11.4 Å². The number of para-hydroxylation sites is 1. The summed E-state index contributed by atoms with van der Waals surface area (Å²) < 4.78 is 5.73. The molecule has 0 aliphatic heterocycles. The van der Waals surface area contributed by atoms with Gasteiger partial charge in [0.2, 0.25) is 0 Å². The molecule has 0 heterocycles. The van der Waals surface area contributed by atoms with E-state index in [0.717, 1.165) is 12.8 Å². The Balaban J connectivity index is 1.89. The van der Waals surface area contributed by atoms with E-state index in [0.29, 0.717) is 30.6 Å². The van der Waals surface area contributed by atoms with Crippen LogP contribution in [0, 0.1) is 10.1 Å². The van der Waals surface area contributed by atoms with Crippen molar-refractivity contribution in [3.63, 3.8) is 0 Å². The molecule has 1 aromatic carbocycles. The van der Waals surface area contributed by atoms with Gasteiger partial charge in [0.15, 0.2) is 0 Å². The summed E-state index contributed by atoms with van der Waals surface area (Å²) in [5.74, 6) is 0. The van der Waals surface area contributed by atoms with Gasteiger partial charge >= 0.3 is 5.69 Å². The van der Waals surface area contributed by atoms with E-state index in [4.69, 9.17) is 4.74 Å². The molecule has 0 atom stereocenters. The highest BCUT2D eigenvalue weighted by Gasteiger charge is 2.19. The zero-order valence-electron chi connectivity index (χ0n) is 11.7. The number of rotatable bonds is 7. The standard InChI is InChI=1S/C14H21N3O3/c1-15-12-7-4-8-13(14(12)17(18)19)16-9-10-20-11-5-2-3-6-11/h4,7-8,11,15-16H,2-3,5-6,9-10H2,1H3. The summed E-state index contributed by atoms with van der Waals surface area (Å²) in [6.45, 7) is 1.15. The summed E-state index contributed by atoms with van der Waals surface area (Å²) in [5, 5.41) is 17.1. The molecule has 0 aromatic heterocycles. The van der Waals surface area contributed by atoms with Gasteiger partial charge in [-0.15, -0.1) is 0 Å². The predicted octanol–water partition coefficient (Wildman–Crippen LogP) is 3.01. The molecule has 0 radical (unpaired) electrons. The molecule has 0 unspecified atom stereocenters. The number of benzene rings is 1. The van der Waals surface area contributed by atoms with Crippen molar-refractivity contribution in [1.82, 2.24) is 0 Å². The second-order valence-electron chi connectivity index (χ2n) is 4.91. The van der Waals surface area contributed by atoms with Crippen molar-refractivity contribution in [2.24, 2.45) is 0 Å². The van der Waals surface area contributed by atoms with Gasteiger partial charge in [-0.2, -0.15) is 0 Å².